The van der Waals surface area contributed by atoms with Crippen LogP contribution in [-0.2, 0) is 0 Å². The van der Waals surface area contributed by atoms with E-state index in [1.165, 1.54) is 19.3 Å². The number of hydrogen-bond donors (Lipinski definition) is 0. The first kappa shape index (κ1) is 6.48. The van der Waals surface area contributed by atoms with Crippen molar-refractivity contribution in [1.29, 1.82) is 0 Å². The summed E-state index contributed by atoms with van der Waals surface area (Å²) in [7, 11) is 0. The normalized spacial score (nSPS) is 9.00. The van der Waals surface area contributed by atoms with Crippen LogP contribution in [0.1, 0.15) is 26.2 Å². The van der Waals surface area contributed by atoms with Crippen LogP contribution in [0.2, 0.25) is 0 Å². The van der Waals surface area contributed by atoms with Crippen LogP contribution in [0.5, 0.6) is 0 Å². The Bertz CT molecular complexity index is 15.9. The fourth-order valence-electron chi connectivity index (χ4n) is 0.281. The monoisotopic (exact) mass is 149 g/mol. The number of rotatable bonds is 3. The van der Waals surface area contributed by atoms with E-state index in [1.54, 1.807) is 0 Å². The zero-order valence-corrected chi connectivity index (χ0v) is 5.66. The Morgan fingerprint density at radius 3 is 2.50 bits per heavy atom. The van der Waals surface area contributed by atoms with E-state index in [0.717, 1.165) is 0 Å². The molecule has 6 heavy (non-hydrogen) atoms. The van der Waals surface area contributed by atoms with Gasteiger partial charge in [0.15, 0.2) is 0 Å². The average molecular weight is 150 g/mol. The first-order valence-corrected chi connectivity index (χ1v) is 3.25. The second kappa shape index (κ2) is 5.48. The summed E-state index contributed by atoms with van der Waals surface area (Å²) in [6, 6.07) is 0. The van der Waals surface area contributed by atoms with Gasteiger partial charge in [-0.1, -0.05) is 35.7 Å². The lowest BCUT2D eigenvalue weighted by atomic mass is 10.3. The summed E-state index contributed by atoms with van der Waals surface area (Å²) in [4.78, 5) is 0. The van der Waals surface area contributed by atoms with Gasteiger partial charge >= 0.3 is 0 Å². The third-order valence-corrected chi connectivity index (χ3v) is 1.12. The van der Waals surface area contributed by atoms with E-state index in [4.69, 9.17) is 0 Å². The predicted molar refractivity (Wildman–Crippen MR) is 32.8 cm³/mol. The molecule has 37 valence electrons. The van der Waals surface area contributed by atoms with Gasteiger partial charge in [-0.15, -0.1) is 0 Å². The van der Waals surface area contributed by atoms with Gasteiger partial charge in [0.05, 0.1) is 0 Å². The van der Waals surface area contributed by atoms with E-state index in [2.05, 4.69) is 22.9 Å². The van der Waals surface area contributed by atoms with Gasteiger partial charge < -0.3 is 0 Å². The topological polar surface area (TPSA) is 0 Å². The molecule has 0 aromatic rings. The van der Waals surface area contributed by atoms with Gasteiger partial charge in [0.2, 0.25) is 0 Å². The summed E-state index contributed by atoms with van der Waals surface area (Å²) in [5.41, 5.74) is 0. The van der Waals surface area contributed by atoms with Crippen molar-refractivity contribution in [1.82, 2.24) is 0 Å². The van der Waals surface area contributed by atoms with Crippen LogP contribution in [-0.4, -0.2) is 0 Å². The van der Waals surface area contributed by atoms with E-state index < -0.39 is 0 Å². The lowest BCUT2D eigenvalue weighted by Crippen LogP contribution is -1.64. The molecule has 1 radical (unpaired) electrons. The molecule has 0 atom stereocenters. The van der Waals surface area contributed by atoms with Crippen LogP contribution in [0.3, 0.4) is 0 Å². The van der Waals surface area contributed by atoms with E-state index >= 15 is 0 Å². The summed E-state index contributed by atoms with van der Waals surface area (Å²) >= 11 is 3.23. The molecule has 0 bridgehead atoms. The number of unbranched alkanes of at least 4 members (excludes halogenated alkanes) is 2. The molecule has 0 aromatic heterocycles. The molecule has 0 unspecified atom stereocenters. The highest BCUT2D eigenvalue weighted by Gasteiger charge is 1.77. The fraction of sp³-hybridized carbons (Fsp3) is 0.800. The van der Waals surface area contributed by atoms with Gasteiger partial charge in [-0.2, -0.15) is 0 Å². The lowest BCUT2D eigenvalue weighted by molar-refractivity contribution is 0.808. The minimum absolute atomic E-state index is 1.20. The van der Waals surface area contributed by atoms with Crippen LogP contribution in [0, 0.1) is 5.33 Å². The second-order valence-electron chi connectivity index (χ2n) is 1.30. The zero-order chi connectivity index (χ0) is 4.83. The summed E-state index contributed by atoms with van der Waals surface area (Å²) in [5, 5.41) is 2.02. The highest BCUT2D eigenvalue weighted by molar-refractivity contribution is 9.10. The molecule has 0 saturated heterocycles. The van der Waals surface area contributed by atoms with E-state index in [9.17, 15) is 0 Å². The summed E-state index contributed by atoms with van der Waals surface area (Å²) in [6.07, 6.45) is 3.81. The maximum absolute atomic E-state index is 3.23. The quantitative estimate of drug-likeness (QED) is 0.542. The maximum atomic E-state index is 3.23. The van der Waals surface area contributed by atoms with Gasteiger partial charge in [-0.3, -0.25) is 0 Å². The predicted octanol–water partition coefficient (Wildman–Crippen LogP) is 2.73. The van der Waals surface area contributed by atoms with Crippen molar-refractivity contribution in [3.8, 4) is 0 Å². The SMILES string of the molecule is CCCC[CH]Br. The maximum Gasteiger partial charge on any atom is 0.0271 e. The lowest BCUT2D eigenvalue weighted by Gasteiger charge is -1.84. The van der Waals surface area contributed by atoms with Crippen molar-refractivity contribution in [3.63, 3.8) is 0 Å². The minimum atomic E-state index is 1.20. The van der Waals surface area contributed by atoms with Crippen LogP contribution in [0.15, 0.2) is 0 Å². The third kappa shape index (κ3) is 4.48. The van der Waals surface area contributed by atoms with Crippen molar-refractivity contribution in [2.75, 3.05) is 0 Å². The van der Waals surface area contributed by atoms with Crippen molar-refractivity contribution in [3.05, 3.63) is 5.33 Å². The summed E-state index contributed by atoms with van der Waals surface area (Å²) in [6.45, 7) is 2.19. The summed E-state index contributed by atoms with van der Waals surface area (Å²) < 4.78 is 0. The van der Waals surface area contributed by atoms with Gasteiger partial charge in [-0.05, 0) is 6.42 Å². The van der Waals surface area contributed by atoms with Crippen molar-refractivity contribution < 1.29 is 0 Å². The van der Waals surface area contributed by atoms with Crippen LogP contribution >= 0.6 is 15.9 Å². The standard InChI is InChI=1S/C5H10Br/c1-2-3-4-5-6/h5H,2-4H2,1H3. The van der Waals surface area contributed by atoms with Crippen LogP contribution < -0.4 is 0 Å². The van der Waals surface area contributed by atoms with Gasteiger partial charge in [-0.25, -0.2) is 0 Å². The van der Waals surface area contributed by atoms with Crippen LogP contribution in [0.4, 0.5) is 0 Å². The molecule has 1 heteroatoms. The Kier molecular flexibility index (Phi) is 5.92. The molecule has 0 nitrogen and oxygen atoms in total. The number of halogens is 1. The third-order valence-electron chi connectivity index (χ3n) is 0.667. The minimum Gasteiger partial charge on any atom is -0.0879 e. The van der Waals surface area contributed by atoms with E-state index in [1.807, 2.05) is 5.33 Å². The second-order valence-corrected chi connectivity index (χ2v) is 1.94. The molecular weight excluding hydrogens is 140 g/mol. The Morgan fingerprint density at radius 2 is 2.33 bits per heavy atom. The average Bonchev–Trinajstić information content (AvgIpc) is 1.61. The molecule has 0 aliphatic carbocycles. The highest BCUT2D eigenvalue weighted by atomic mass is 79.9. The molecule has 0 amide bonds. The molecule has 0 heterocycles. The zero-order valence-electron chi connectivity index (χ0n) is 4.08. The largest absolute Gasteiger partial charge is 0.0879 e. The van der Waals surface area contributed by atoms with E-state index in [-0.39, 0.29) is 0 Å². The molecule has 0 aliphatic heterocycles. The molecule has 0 saturated carbocycles. The Hall–Kier alpha value is 0.480. The van der Waals surface area contributed by atoms with Gasteiger partial charge in [0.25, 0.3) is 0 Å². The molecular formula is C5H10Br. The molecule has 0 fully saturated rings. The van der Waals surface area contributed by atoms with Gasteiger partial charge in [0.1, 0.15) is 0 Å². The molecule has 0 aromatic carbocycles. The number of hydrogen-bond acceptors (Lipinski definition) is 0. The Morgan fingerprint density at radius 1 is 1.67 bits per heavy atom. The molecule has 0 N–H and O–H groups in total. The van der Waals surface area contributed by atoms with Gasteiger partial charge in [0, 0.05) is 5.33 Å². The van der Waals surface area contributed by atoms with E-state index in [0.29, 0.717) is 0 Å². The van der Waals surface area contributed by atoms with Crippen molar-refractivity contribution >= 4 is 15.9 Å². The highest BCUT2D eigenvalue weighted by Crippen LogP contribution is 2.00. The van der Waals surface area contributed by atoms with Crippen molar-refractivity contribution in [2.24, 2.45) is 0 Å². The van der Waals surface area contributed by atoms with Crippen molar-refractivity contribution in [2.45, 2.75) is 26.2 Å². The smallest absolute Gasteiger partial charge is 0.0271 e. The van der Waals surface area contributed by atoms with Crippen LogP contribution in [0.25, 0.3) is 0 Å². The molecule has 0 aliphatic rings. The fourth-order valence-corrected chi connectivity index (χ4v) is 0.605. The first-order valence-electron chi connectivity index (χ1n) is 2.33. The first-order chi connectivity index (χ1) is 2.91. The Balaban J connectivity index is 2.34. The Labute approximate surface area is 48.1 Å². The molecule has 0 spiro atoms. The molecule has 0 rings (SSSR count). The summed E-state index contributed by atoms with van der Waals surface area (Å²) in [5.74, 6) is 0.